The van der Waals surface area contributed by atoms with E-state index in [1.807, 2.05) is 12.1 Å². The number of rotatable bonds is 2. The SMILES string of the molecule is OCc1nnc(N2CCc3cc(Cl)cc(Br)c3C2)s1. The largest absolute Gasteiger partial charge is 0.389 e. The number of halogens is 2. The molecule has 1 aliphatic heterocycles. The zero-order chi connectivity index (χ0) is 13.4. The first-order chi connectivity index (χ1) is 9.17. The van der Waals surface area contributed by atoms with Crippen molar-refractivity contribution >= 4 is 44.0 Å². The van der Waals surface area contributed by atoms with Gasteiger partial charge in [0.05, 0.1) is 6.61 Å². The molecule has 3 rings (SSSR count). The van der Waals surface area contributed by atoms with Gasteiger partial charge in [0.25, 0.3) is 0 Å². The topological polar surface area (TPSA) is 49.3 Å². The average molecular weight is 361 g/mol. The number of aliphatic hydroxyl groups is 1. The van der Waals surface area contributed by atoms with E-state index in [0.717, 1.165) is 34.1 Å². The number of hydrogen-bond acceptors (Lipinski definition) is 5. The first kappa shape index (κ1) is 13.3. The molecule has 4 nitrogen and oxygen atoms in total. The molecule has 0 unspecified atom stereocenters. The lowest BCUT2D eigenvalue weighted by Gasteiger charge is -2.29. The van der Waals surface area contributed by atoms with Crippen LogP contribution in [0.2, 0.25) is 5.02 Å². The molecule has 0 saturated carbocycles. The number of nitrogens with zero attached hydrogens (tertiary/aromatic N) is 3. The van der Waals surface area contributed by atoms with Gasteiger partial charge < -0.3 is 10.0 Å². The van der Waals surface area contributed by atoms with Crippen molar-refractivity contribution in [3.8, 4) is 0 Å². The monoisotopic (exact) mass is 359 g/mol. The smallest absolute Gasteiger partial charge is 0.208 e. The van der Waals surface area contributed by atoms with E-state index < -0.39 is 0 Å². The highest BCUT2D eigenvalue weighted by Gasteiger charge is 2.21. The van der Waals surface area contributed by atoms with Gasteiger partial charge in [-0.1, -0.05) is 38.9 Å². The van der Waals surface area contributed by atoms with Crippen LogP contribution in [0.25, 0.3) is 0 Å². The molecule has 0 fully saturated rings. The molecule has 2 heterocycles. The van der Waals surface area contributed by atoms with Crippen LogP contribution in [0.3, 0.4) is 0 Å². The average Bonchev–Trinajstić information content (AvgIpc) is 2.87. The molecule has 0 amide bonds. The van der Waals surface area contributed by atoms with Gasteiger partial charge in [-0.05, 0) is 29.7 Å². The maximum Gasteiger partial charge on any atom is 0.208 e. The standard InChI is InChI=1S/C12H11BrClN3OS/c13-10-4-8(14)3-7-1-2-17(5-9(7)10)12-16-15-11(6-18)19-12/h3-4,18H,1-2,5-6H2. The van der Waals surface area contributed by atoms with Crippen LogP contribution in [0, 0.1) is 0 Å². The quantitative estimate of drug-likeness (QED) is 0.894. The van der Waals surface area contributed by atoms with Gasteiger partial charge in [-0.25, -0.2) is 0 Å². The summed E-state index contributed by atoms with van der Waals surface area (Å²) in [6.45, 7) is 1.62. The number of hydrogen-bond donors (Lipinski definition) is 1. The Balaban J connectivity index is 1.89. The summed E-state index contributed by atoms with van der Waals surface area (Å²) >= 11 is 11.1. The lowest BCUT2D eigenvalue weighted by molar-refractivity contribution is 0.280. The van der Waals surface area contributed by atoms with E-state index in [1.54, 1.807) is 0 Å². The molecular weight excluding hydrogens is 350 g/mol. The van der Waals surface area contributed by atoms with Gasteiger partial charge in [-0.2, -0.15) is 0 Å². The molecule has 7 heteroatoms. The van der Waals surface area contributed by atoms with Crippen molar-refractivity contribution in [1.82, 2.24) is 10.2 Å². The molecule has 1 N–H and O–H groups in total. The van der Waals surface area contributed by atoms with Crippen LogP contribution in [0.1, 0.15) is 16.1 Å². The molecule has 19 heavy (non-hydrogen) atoms. The maximum atomic E-state index is 9.05. The molecule has 0 saturated heterocycles. The molecular formula is C12H11BrClN3OS. The summed E-state index contributed by atoms with van der Waals surface area (Å²) in [5.74, 6) is 0. The van der Waals surface area contributed by atoms with E-state index in [0.29, 0.717) is 5.01 Å². The summed E-state index contributed by atoms with van der Waals surface area (Å²) in [5.41, 5.74) is 2.53. The summed E-state index contributed by atoms with van der Waals surface area (Å²) in [5, 5.41) is 19.4. The van der Waals surface area contributed by atoms with E-state index in [4.69, 9.17) is 16.7 Å². The predicted molar refractivity (Wildman–Crippen MR) is 79.7 cm³/mol. The number of aromatic nitrogens is 2. The molecule has 1 aliphatic rings. The lowest BCUT2D eigenvalue weighted by Crippen LogP contribution is -2.30. The van der Waals surface area contributed by atoms with Crippen LogP contribution in [-0.4, -0.2) is 21.8 Å². The molecule has 0 spiro atoms. The van der Waals surface area contributed by atoms with E-state index in [-0.39, 0.29) is 6.61 Å². The first-order valence-corrected chi connectivity index (χ1v) is 7.81. The van der Waals surface area contributed by atoms with Gasteiger partial charge >= 0.3 is 0 Å². The second-order valence-electron chi connectivity index (χ2n) is 4.33. The van der Waals surface area contributed by atoms with Crippen molar-refractivity contribution in [2.75, 3.05) is 11.4 Å². The van der Waals surface area contributed by atoms with Gasteiger partial charge in [0.2, 0.25) is 5.13 Å². The lowest BCUT2D eigenvalue weighted by atomic mass is 10.0. The van der Waals surface area contributed by atoms with Gasteiger partial charge in [-0.3, -0.25) is 0 Å². The normalized spacial score (nSPS) is 14.6. The van der Waals surface area contributed by atoms with E-state index in [1.165, 1.54) is 22.5 Å². The molecule has 0 radical (unpaired) electrons. The highest BCUT2D eigenvalue weighted by Crippen LogP contribution is 2.33. The summed E-state index contributed by atoms with van der Waals surface area (Å²) in [4.78, 5) is 2.18. The van der Waals surface area contributed by atoms with Gasteiger partial charge in [0.1, 0.15) is 5.01 Å². The van der Waals surface area contributed by atoms with Crippen molar-refractivity contribution in [2.24, 2.45) is 0 Å². The number of benzene rings is 1. The Kier molecular flexibility index (Phi) is 3.75. The highest BCUT2D eigenvalue weighted by atomic mass is 79.9. The Morgan fingerprint density at radius 1 is 1.42 bits per heavy atom. The van der Waals surface area contributed by atoms with Crippen molar-refractivity contribution in [1.29, 1.82) is 0 Å². The van der Waals surface area contributed by atoms with Gasteiger partial charge in [-0.15, -0.1) is 10.2 Å². The fraction of sp³-hybridized carbons (Fsp3) is 0.333. The van der Waals surface area contributed by atoms with Gasteiger partial charge in [0.15, 0.2) is 0 Å². The van der Waals surface area contributed by atoms with E-state index in [2.05, 4.69) is 31.0 Å². The predicted octanol–water partition coefficient (Wildman–Crippen LogP) is 3.01. The minimum absolute atomic E-state index is 0.0542. The summed E-state index contributed by atoms with van der Waals surface area (Å²) in [6.07, 6.45) is 0.933. The molecule has 0 aliphatic carbocycles. The molecule has 2 aromatic rings. The first-order valence-electron chi connectivity index (χ1n) is 5.82. The van der Waals surface area contributed by atoms with Crippen molar-refractivity contribution < 1.29 is 5.11 Å². The third-order valence-corrected chi connectivity index (χ3v) is 5.01. The molecule has 1 aromatic carbocycles. The Hall–Kier alpha value is -0.690. The zero-order valence-electron chi connectivity index (χ0n) is 9.94. The second kappa shape index (κ2) is 5.36. The molecule has 0 bridgehead atoms. The third kappa shape index (κ3) is 2.63. The minimum atomic E-state index is -0.0542. The zero-order valence-corrected chi connectivity index (χ0v) is 13.1. The number of anilines is 1. The fourth-order valence-electron chi connectivity index (χ4n) is 2.18. The van der Waals surface area contributed by atoms with Crippen LogP contribution in [0.15, 0.2) is 16.6 Å². The van der Waals surface area contributed by atoms with Crippen LogP contribution in [-0.2, 0) is 19.6 Å². The molecule has 0 atom stereocenters. The van der Waals surface area contributed by atoms with Crippen LogP contribution < -0.4 is 4.90 Å². The van der Waals surface area contributed by atoms with E-state index >= 15 is 0 Å². The Labute approximate surface area is 128 Å². The number of aliphatic hydroxyl groups excluding tert-OH is 1. The summed E-state index contributed by atoms with van der Waals surface area (Å²) in [6, 6.07) is 3.95. The molecule has 100 valence electrons. The Morgan fingerprint density at radius 3 is 3.00 bits per heavy atom. The van der Waals surface area contributed by atoms with Crippen molar-refractivity contribution in [2.45, 2.75) is 19.6 Å². The van der Waals surface area contributed by atoms with E-state index in [9.17, 15) is 0 Å². The second-order valence-corrected chi connectivity index (χ2v) is 6.66. The minimum Gasteiger partial charge on any atom is -0.389 e. The summed E-state index contributed by atoms with van der Waals surface area (Å²) in [7, 11) is 0. The fourth-order valence-corrected chi connectivity index (χ4v) is 3.90. The third-order valence-electron chi connectivity index (χ3n) is 3.11. The van der Waals surface area contributed by atoms with Crippen LogP contribution >= 0.6 is 38.9 Å². The highest BCUT2D eigenvalue weighted by molar-refractivity contribution is 9.10. The van der Waals surface area contributed by atoms with Gasteiger partial charge in [0, 0.05) is 22.6 Å². The summed E-state index contributed by atoms with van der Waals surface area (Å²) < 4.78 is 1.03. The maximum absolute atomic E-state index is 9.05. The number of fused-ring (bicyclic) bond motifs is 1. The molecule has 1 aromatic heterocycles. The van der Waals surface area contributed by atoms with Crippen molar-refractivity contribution in [3.05, 3.63) is 37.8 Å². The Bertz CT molecular complexity index is 619. The Morgan fingerprint density at radius 2 is 2.26 bits per heavy atom. The van der Waals surface area contributed by atoms with Crippen LogP contribution in [0.5, 0.6) is 0 Å². The van der Waals surface area contributed by atoms with Crippen LogP contribution in [0.4, 0.5) is 5.13 Å². The van der Waals surface area contributed by atoms with Crippen molar-refractivity contribution in [3.63, 3.8) is 0 Å².